The molecule has 100 valence electrons. The first-order valence-corrected chi connectivity index (χ1v) is 7.12. The summed E-state index contributed by atoms with van der Waals surface area (Å²) < 4.78 is 0. The van der Waals surface area contributed by atoms with E-state index in [-0.39, 0.29) is 5.54 Å². The molecule has 1 saturated heterocycles. The van der Waals surface area contributed by atoms with E-state index in [9.17, 15) is 0 Å². The topological polar surface area (TPSA) is 29.3 Å². The van der Waals surface area contributed by atoms with E-state index in [1.807, 2.05) is 0 Å². The zero-order chi connectivity index (χ0) is 13.0. The highest BCUT2D eigenvalue weighted by atomic mass is 15.2. The molecule has 2 heteroatoms. The van der Waals surface area contributed by atoms with Gasteiger partial charge in [0.05, 0.1) is 0 Å². The average molecular weight is 246 g/mol. The van der Waals surface area contributed by atoms with Crippen molar-refractivity contribution in [3.8, 4) is 0 Å². The molecule has 0 saturated carbocycles. The molecule has 2 nitrogen and oxygen atoms in total. The van der Waals surface area contributed by atoms with Crippen LogP contribution in [0.4, 0.5) is 0 Å². The summed E-state index contributed by atoms with van der Waals surface area (Å²) >= 11 is 0. The van der Waals surface area contributed by atoms with Crippen LogP contribution in [-0.4, -0.2) is 29.6 Å². The first-order valence-electron chi connectivity index (χ1n) is 7.12. The predicted molar refractivity (Wildman–Crippen MR) is 77.6 cm³/mol. The van der Waals surface area contributed by atoms with Crippen LogP contribution >= 0.6 is 0 Å². The molecule has 0 bridgehead atoms. The maximum Gasteiger partial charge on any atom is 0.0168 e. The van der Waals surface area contributed by atoms with E-state index < -0.39 is 0 Å². The second-order valence-corrected chi connectivity index (χ2v) is 6.15. The number of aryl methyl sites for hydroxylation is 1. The van der Waals surface area contributed by atoms with E-state index in [0.717, 1.165) is 13.0 Å². The fraction of sp³-hybridized carbons (Fsp3) is 0.625. The Kier molecular flexibility index (Phi) is 4.41. The fourth-order valence-corrected chi connectivity index (χ4v) is 2.81. The lowest BCUT2D eigenvalue weighted by Gasteiger charge is -2.43. The Morgan fingerprint density at radius 1 is 1.28 bits per heavy atom. The molecular formula is C16H26N2. The molecule has 0 radical (unpaired) electrons. The summed E-state index contributed by atoms with van der Waals surface area (Å²) in [7, 11) is 0. The van der Waals surface area contributed by atoms with Gasteiger partial charge in [0, 0.05) is 18.1 Å². The van der Waals surface area contributed by atoms with E-state index >= 15 is 0 Å². The summed E-state index contributed by atoms with van der Waals surface area (Å²) in [6, 6.07) is 11.1. The largest absolute Gasteiger partial charge is 0.327 e. The molecule has 1 aliphatic rings. The first-order chi connectivity index (χ1) is 8.58. The monoisotopic (exact) mass is 246 g/mol. The molecule has 2 N–H and O–H groups in total. The molecule has 1 aromatic rings. The molecule has 1 fully saturated rings. The minimum atomic E-state index is 0.258. The van der Waals surface area contributed by atoms with Crippen LogP contribution in [0.2, 0.25) is 0 Å². The molecule has 1 atom stereocenters. The quantitative estimate of drug-likeness (QED) is 0.885. The minimum Gasteiger partial charge on any atom is -0.327 e. The van der Waals surface area contributed by atoms with Gasteiger partial charge in [-0.05, 0) is 51.6 Å². The summed E-state index contributed by atoms with van der Waals surface area (Å²) in [5.41, 5.74) is 7.78. The lowest BCUT2D eigenvalue weighted by Crippen LogP contribution is -2.52. The lowest BCUT2D eigenvalue weighted by atomic mass is 9.90. The summed E-state index contributed by atoms with van der Waals surface area (Å²) in [6.45, 7) is 6.97. The summed E-state index contributed by atoms with van der Waals surface area (Å²) in [5.74, 6) is 0. The van der Waals surface area contributed by atoms with E-state index in [0.29, 0.717) is 6.04 Å². The normalized spacial score (nSPS) is 22.1. The van der Waals surface area contributed by atoms with Crippen LogP contribution in [0, 0.1) is 0 Å². The molecular weight excluding hydrogens is 220 g/mol. The van der Waals surface area contributed by atoms with Gasteiger partial charge >= 0.3 is 0 Å². The third kappa shape index (κ3) is 3.56. The van der Waals surface area contributed by atoms with Crippen molar-refractivity contribution in [2.45, 2.75) is 51.1 Å². The van der Waals surface area contributed by atoms with Crippen molar-refractivity contribution < 1.29 is 0 Å². The van der Waals surface area contributed by atoms with Gasteiger partial charge in [-0.1, -0.05) is 30.3 Å². The van der Waals surface area contributed by atoms with Crippen molar-refractivity contribution in [2.24, 2.45) is 5.73 Å². The number of hydrogen-bond acceptors (Lipinski definition) is 2. The molecule has 0 aromatic heterocycles. The number of nitrogens with zero attached hydrogens (tertiary/aromatic N) is 1. The second-order valence-electron chi connectivity index (χ2n) is 6.15. The van der Waals surface area contributed by atoms with E-state index in [4.69, 9.17) is 5.73 Å². The molecule has 18 heavy (non-hydrogen) atoms. The Morgan fingerprint density at radius 3 is 2.67 bits per heavy atom. The number of benzene rings is 1. The van der Waals surface area contributed by atoms with Crippen LogP contribution in [0.5, 0.6) is 0 Å². The molecule has 0 aliphatic carbocycles. The Balaban J connectivity index is 1.90. The van der Waals surface area contributed by atoms with Crippen LogP contribution in [-0.2, 0) is 6.42 Å². The molecule has 1 heterocycles. The maximum absolute atomic E-state index is 6.09. The fourth-order valence-electron chi connectivity index (χ4n) is 2.81. The second kappa shape index (κ2) is 5.85. The molecule has 1 unspecified atom stereocenters. The summed E-state index contributed by atoms with van der Waals surface area (Å²) in [5, 5.41) is 0. The number of likely N-dealkylation sites (tertiary alicyclic amines) is 1. The van der Waals surface area contributed by atoms with Gasteiger partial charge in [0.25, 0.3) is 0 Å². The third-order valence-corrected chi connectivity index (χ3v) is 4.18. The molecule has 2 rings (SSSR count). The van der Waals surface area contributed by atoms with Crippen LogP contribution in [0.25, 0.3) is 0 Å². The van der Waals surface area contributed by atoms with Crippen LogP contribution < -0.4 is 5.73 Å². The minimum absolute atomic E-state index is 0.258. The molecule has 0 amide bonds. The summed E-state index contributed by atoms with van der Waals surface area (Å²) in [4.78, 5) is 2.57. The van der Waals surface area contributed by atoms with Gasteiger partial charge < -0.3 is 5.73 Å². The van der Waals surface area contributed by atoms with Gasteiger partial charge in [-0.2, -0.15) is 0 Å². The average Bonchev–Trinajstić information content (AvgIpc) is 2.38. The van der Waals surface area contributed by atoms with Crippen molar-refractivity contribution >= 4 is 0 Å². The highest BCUT2D eigenvalue weighted by molar-refractivity contribution is 5.15. The van der Waals surface area contributed by atoms with Crippen molar-refractivity contribution in [1.29, 1.82) is 0 Å². The first kappa shape index (κ1) is 13.6. The van der Waals surface area contributed by atoms with Crippen molar-refractivity contribution in [2.75, 3.05) is 13.1 Å². The van der Waals surface area contributed by atoms with Gasteiger partial charge in [-0.25, -0.2) is 0 Å². The van der Waals surface area contributed by atoms with Gasteiger partial charge in [-0.15, -0.1) is 0 Å². The molecule has 1 aromatic carbocycles. The number of rotatable bonds is 4. The smallest absolute Gasteiger partial charge is 0.0168 e. The Morgan fingerprint density at radius 2 is 2.00 bits per heavy atom. The van der Waals surface area contributed by atoms with Gasteiger partial charge in [-0.3, -0.25) is 4.90 Å². The SMILES string of the molecule is CC(C)(CCc1ccccc1)N1CCCC(N)C1. The lowest BCUT2D eigenvalue weighted by molar-refractivity contribution is 0.0790. The summed E-state index contributed by atoms with van der Waals surface area (Å²) in [6.07, 6.45) is 4.78. The van der Waals surface area contributed by atoms with E-state index in [2.05, 4.69) is 49.1 Å². The number of piperidine rings is 1. The van der Waals surface area contributed by atoms with Gasteiger partial charge in [0.15, 0.2) is 0 Å². The van der Waals surface area contributed by atoms with E-state index in [1.165, 1.54) is 31.4 Å². The zero-order valence-corrected chi connectivity index (χ0v) is 11.7. The van der Waals surface area contributed by atoms with Gasteiger partial charge in [0.2, 0.25) is 0 Å². The van der Waals surface area contributed by atoms with E-state index in [1.54, 1.807) is 0 Å². The standard InChI is InChI=1S/C16H26N2/c1-16(2,18-12-6-9-15(17)13-18)11-10-14-7-4-3-5-8-14/h3-5,7-8,15H,6,9-13,17H2,1-2H3. The molecule has 1 aliphatic heterocycles. The predicted octanol–water partition coefficient (Wildman–Crippen LogP) is 2.82. The Labute approximate surface area is 111 Å². The number of hydrogen-bond donors (Lipinski definition) is 1. The maximum atomic E-state index is 6.09. The Bertz CT molecular complexity index is 359. The molecule has 0 spiro atoms. The van der Waals surface area contributed by atoms with Crippen LogP contribution in [0.3, 0.4) is 0 Å². The van der Waals surface area contributed by atoms with Crippen molar-refractivity contribution in [3.05, 3.63) is 35.9 Å². The third-order valence-electron chi connectivity index (χ3n) is 4.18. The van der Waals surface area contributed by atoms with Gasteiger partial charge in [0.1, 0.15) is 0 Å². The van der Waals surface area contributed by atoms with Crippen molar-refractivity contribution in [1.82, 2.24) is 4.90 Å². The zero-order valence-electron chi connectivity index (χ0n) is 11.7. The van der Waals surface area contributed by atoms with Crippen LogP contribution in [0.1, 0.15) is 38.7 Å². The van der Waals surface area contributed by atoms with Crippen molar-refractivity contribution in [3.63, 3.8) is 0 Å². The van der Waals surface area contributed by atoms with Crippen LogP contribution in [0.15, 0.2) is 30.3 Å². The highest BCUT2D eigenvalue weighted by Crippen LogP contribution is 2.24. The highest BCUT2D eigenvalue weighted by Gasteiger charge is 2.29. The number of nitrogens with two attached hydrogens (primary N) is 1. The Hall–Kier alpha value is -0.860.